The third kappa shape index (κ3) is 9.64. The molecule has 0 saturated heterocycles. The first kappa shape index (κ1) is 44.0. The zero-order valence-corrected chi connectivity index (χ0v) is 36.4. The van der Waals surface area contributed by atoms with Gasteiger partial charge in [-0.3, -0.25) is 0 Å². The van der Waals surface area contributed by atoms with Crippen LogP contribution in [-0.4, -0.2) is 53.9 Å². The summed E-state index contributed by atoms with van der Waals surface area (Å²) < 4.78 is 109. The molecule has 1 heterocycles. The topological polar surface area (TPSA) is 253 Å². The maximum Gasteiger partial charge on any atom is 1.00 e. The fourth-order valence-electron chi connectivity index (χ4n) is 5.06. The summed E-state index contributed by atoms with van der Waals surface area (Å²) in [6, 6.07) is 19.3. The number of anilines is 1. The van der Waals surface area contributed by atoms with Crippen molar-refractivity contribution in [1.29, 1.82) is 0 Å². The van der Waals surface area contributed by atoms with Crippen LogP contribution in [0.4, 0.5) is 17.1 Å². The molecule has 1 aromatic heterocycles. The average Bonchev–Trinajstić information content (AvgIpc) is 3.47. The molecule has 5 aromatic carbocycles. The third-order valence-corrected chi connectivity index (χ3v) is 9.99. The van der Waals surface area contributed by atoms with E-state index in [4.69, 9.17) is 5.73 Å². The van der Waals surface area contributed by atoms with Crippen molar-refractivity contribution in [3.05, 3.63) is 102 Å². The van der Waals surface area contributed by atoms with Gasteiger partial charge in [0.15, 0.2) is 0 Å². The minimum atomic E-state index is -5.15. The quantitative estimate of drug-likeness (QED) is 0.0507. The summed E-state index contributed by atoms with van der Waals surface area (Å²) in [4.78, 5) is -0.942. The van der Waals surface area contributed by atoms with E-state index >= 15 is 0 Å². The van der Waals surface area contributed by atoms with E-state index in [9.17, 15) is 38.9 Å². The molecule has 0 aliphatic carbocycles. The first-order chi connectivity index (χ1) is 23.0. The van der Waals surface area contributed by atoms with Crippen LogP contribution in [0.2, 0.25) is 0 Å². The van der Waals surface area contributed by atoms with Gasteiger partial charge in [-0.15, -0.1) is 10.2 Å². The molecule has 6 aromatic rings. The number of hydrogen-bond donors (Lipinski definition) is 1. The van der Waals surface area contributed by atoms with Gasteiger partial charge in [-0.1, -0.05) is 48.6 Å². The Bertz CT molecular complexity index is 2740. The summed E-state index contributed by atoms with van der Waals surface area (Å²) in [5.74, 6) is 0. The van der Waals surface area contributed by atoms with E-state index in [1.54, 1.807) is 43.3 Å². The summed E-state index contributed by atoms with van der Waals surface area (Å²) in [5.41, 5.74) is 7.42. The van der Waals surface area contributed by atoms with Gasteiger partial charge in [0.2, 0.25) is 0 Å². The number of nitrogens with two attached hydrogens (primary N) is 1. The molecule has 0 atom stereocenters. The Balaban J connectivity index is 0.00000243. The van der Waals surface area contributed by atoms with Gasteiger partial charge >= 0.3 is 88.7 Å². The monoisotopic (exact) mass is 786 g/mol. The molecular formula is C31H21N6Na3O9S3. The molecule has 52 heavy (non-hydrogen) atoms. The van der Waals surface area contributed by atoms with Crippen molar-refractivity contribution in [2.24, 2.45) is 10.2 Å². The number of nitrogen functional groups attached to an aromatic ring is 1. The molecule has 0 aliphatic rings. The molecule has 0 amide bonds. The van der Waals surface area contributed by atoms with Gasteiger partial charge in [-0.25, -0.2) is 25.3 Å². The Hall–Kier alpha value is -2.37. The molecule has 6 rings (SSSR count). The standard InChI is InChI=1S/C31H24N6O9S3.3Na/c1-18-14-21(32)10-13-26(18)34-33-22-11-8-19(28(15-22)47(38,39)40)6-7-20-9-12-23(16-29(20)48(41,42)43)37-35-27-17-30(49(44,45)46)24-4-2-3-5-25(24)31(27)36-37;;;/h2-17H,32H2,1H3,(H,38,39,40)(H,41,42,43)(H,44,45,46);;;/q;3*+1/p-3/b7-6+,34-33?;;;. The van der Waals surface area contributed by atoms with Gasteiger partial charge in [0, 0.05) is 16.5 Å². The molecule has 15 nitrogen and oxygen atoms in total. The van der Waals surface area contributed by atoms with Gasteiger partial charge in [0.1, 0.15) is 41.4 Å². The van der Waals surface area contributed by atoms with Crippen LogP contribution >= 0.6 is 0 Å². The second kappa shape index (κ2) is 17.0. The number of aryl methyl sites for hydroxylation is 1. The number of rotatable bonds is 8. The predicted molar refractivity (Wildman–Crippen MR) is 175 cm³/mol. The smallest absolute Gasteiger partial charge is 0.744 e. The largest absolute Gasteiger partial charge is 1.00 e. The van der Waals surface area contributed by atoms with Crippen LogP contribution in [0.15, 0.2) is 110 Å². The van der Waals surface area contributed by atoms with Gasteiger partial charge < -0.3 is 19.4 Å². The van der Waals surface area contributed by atoms with E-state index in [2.05, 4.69) is 20.4 Å². The molecule has 0 spiro atoms. The zero-order chi connectivity index (χ0) is 35.3. The van der Waals surface area contributed by atoms with Crippen LogP contribution in [0.3, 0.4) is 0 Å². The number of hydrogen-bond acceptors (Lipinski definition) is 14. The molecule has 0 saturated carbocycles. The van der Waals surface area contributed by atoms with E-state index in [1.807, 2.05) is 0 Å². The van der Waals surface area contributed by atoms with Gasteiger partial charge in [0.05, 0.1) is 31.7 Å². The van der Waals surface area contributed by atoms with Gasteiger partial charge in [0.25, 0.3) is 0 Å². The SMILES string of the molecule is Cc1cc(N)ccc1N=Nc1ccc(/C=C/c2ccc(-n3nc4cc(S(=O)(=O)[O-])c5ccccc5c4n3)cc2S(=O)(=O)[O-])c(S(=O)(=O)[O-])c1.[Na+].[Na+].[Na+]. The third-order valence-electron chi connectivity index (χ3n) is 7.33. The van der Waals surface area contributed by atoms with Crippen molar-refractivity contribution in [3.63, 3.8) is 0 Å². The fourth-order valence-corrected chi connectivity index (χ4v) is 7.14. The van der Waals surface area contributed by atoms with Crippen molar-refractivity contribution < 1.29 is 128 Å². The molecule has 2 N–H and O–H groups in total. The molecule has 0 radical (unpaired) electrons. The van der Waals surface area contributed by atoms with Crippen molar-refractivity contribution in [1.82, 2.24) is 15.0 Å². The van der Waals surface area contributed by atoms with Crippen LogP contribution in [0.5, 0.6) is 0 Å². The molecule has 0 aliphatic heterocycles. The number of azo groups is 1. The molecular weight excluding hydrogens is 766 g/mol. The van der Waals surface area contributed by atoms with Gasteiger partial charge in [-0.2, -0.15) is 15.0 Å². The first-order valence-electron chi connectivity index (χ1n) is 13.9. The van der Waals surface area contributed by atoms with E-state index < -0.39 is 45.0 Å². The van der Waals surface area contributed by atoms with Crippen LogP contribution in [-0.2, 0) is 30.4 Å². The molecule has 0 bridgehead atoms. The van der Waals surface area contributed by atoms with E-state index in [0.29, 0.717) is 22.3 Å². The molecule has 21 heteroatoms. The van der Waals surface area contributed by atoms with Crippen molar-refractivity contribution in [2.45, 2.75) is 21.6 Å². The number of benzene rings is 5. The van der Waals surface area contributed by atoms with Crippen LogP contribution in [0.25, 0.3) is 39.6 Å². The normalized spacial score (nSPS) is 12.2. The van der Waals surface area contributed by atoms with E-state index in [-0.39, 0.29) is 128 Å². The minimum Gasteiger partial charge on any atom is -0.744 e. The maximum absolute atomic E-state index is 12.3. The number of nitrogens with zero attached hydrogens (tertiary/aromatic N) is 5. The Morgan fingerprint density at radius 3 is 1.83 bits per heavy atom. The molecule has 0 unspecified atom stereocenters. The Kier molecular flexibility index (Phi) is 14.4. The maximum atomic E-state index is 12.3. The zero-order valence-electron chi connectivity index (χ0n) is 28.0. The summed E-state index contributed by atoms with van der Waals surface area (Å²) in [6.45, 7) is 1.75. The van der Waals surface area contributed by atoms with E-state index in [1.165, 1.54) is 30.3 Å². The summed E-state index contributed by atoms with van der Waals surface area (Å²) in [5, 5.41) is 17.1. The van der Waals surface area contributed by atoms with Crippen LogP contribution in [0, 0.1) is 6.92 Å². The molecule has 0 fully saturated rings. The minimum absolute atomic E-state index is 0. The van der Waals surface area contributed by atoms with Gasteiger partial charge in [-0.05, 0) is 72.1 Å². The van der Waals surface area contributed by atoms with Crippen molar-refractivity contribution >= 4 is 81.4 Å². The molecule has 250 valence electrons. The fraction of sp³-hybridized carbons (Fsp3) is 0.0323. The number of fused-ring (bicyclic) bond motifs is 3. The second-order valence-electron chi connectivity index (χ2n) is 10.7. The Morgan fingerprint density at radius 1 is 0.654 bits per heavy atom. The predicted octanol–water partition coefficient (Wildman–Crippen LogP) is -4.23. The Labute approximate surface area is 364 Å². The summed E-state index contributed by atoms with van der Waals surface area (Å²) in [7, 11) is -15.1. The van der Waals surface area contributed by atoms with Crippen molar-refractivity contribution in [3.8, 4) is 5.69 Å². The van der Waals surface area contributed by atoms with Crippen LogP contribution < -0.4 is 94.4 Å². The number of aromatic nitrogens is 3. The summed E-state index contributed by atoms with van der Waals surface area (Å²) in [6.07, 6.45) is 2.29. The van der Waals surface area contributed by atoms with Crippen LogP contribution in [0.1, 0.15) is 16.7 Å². The average molecular weight is 787 g/mol. The van der Waals surface area contributed by atoms with Crippen molar-refractivity contribution in [2.75, 3.05) is 5.73 Å². The van der Waals surface area contributed by atoms with E-state index in [0.717, 1.165) is 35.1 Å². The Morgan fingerprint density at radius 2 is 1.23 bits per heavy atom. The summed E-state index contributed by atoms with van der Waals surface area (Å²) >= 11 is 0. The second-order valence-corrected chi connectivity index (χ2v) is 14.7. The first-order valence-corrected chi connectivity index (χ1v) is 18.1.